The Morgan fingerprint density at radius 2 is 2.32 bits per heavy atom. The largest absolute Gasteiger partial charge is 0.383 e. The molecule has 0 spiro atoms. The minimum atomic E-state index is -0.180. The van der Waals surface area contributed by atoms with E-state index in [2.05, 4.69) is 29.9 Å². The molecule has 1 aliphatic rings. The van der Waals surface area contributed by atoms with Crippen LogP contribution in [-0.2, 0) is 4.74 Å². The summed E-state index contributed by atoms with van der Waals surface area (Å²) in [6, 6.07) is 8.08. The van der Waals surface area contributed by atoms with Gasteiger partial charge in [0.2, 0.25) is 0 Å². The van der Waals surface area contributed by atoms with Crippen LogP contribution in [0.3, 0.4) is 0 Å². The lowest BCUT2D eigenvalue weighted by atomic mass is 9.81. The molecule has 2 aromatic heterocycles. The molecule has 1 atom stereocenters. The van der Waals surface area contributed by atoms with Gasteiger partial charge in [0, 0.05) is 12.8 Å². The summed E-state index contributed by atoms with van der Waals surface area (Å²) in [7, 11) is 0. The number of nitrogens with one attached hydrogen (secondary N) is 1. The number of ether oxygens (including phenoxy) is 1. The van der Waals surface area contributed by atoms with E-state index in [0.29, 0.717) is 18.0 Å². The van der Waals surface area contributed by atoms with Crippen molar-refractivity contribution in [3.05, 3.63) is 35.5 Å². The van der Waals surface area contributed by atoms with Crippen molar-refractivity contribution in [2.75, 3.05) is 12.3 Å². The van der Waals surface area contributed by atoms with Crippen molar-refractivity contribution in [1.82, 2.24) is 9.97 Å². The van der Waals surface area contributed by atoms with Crippen LogP contribution in [-0.4, -0.2) is 22.2 Å². The van der Waals surface area contributed by atoms with Crippen LogP contribution in [0, 0.1) is 11.3 Å². The van der Waals surface area contributed by atoms with Gasteiger partial charge in [0.15, 0.2) is 0 Å². The highest BCUT2D eigenvalue weighted by molar-refractivity contribution is 5.64. The SMILES string of the molecule is CC1(C)CC(c2cc(-c3ccc[nH]3)nc(N)c2C#N)CCO1. The van der Waals surface area contributed by atoms with Gasteiger partial charge in [-0.1, -0.05) is 0 Å². The zero-order valence-corrected chi connectivity index (χ0v) is 12.9. The number of pyridine rings is 1. The molecule has 0 saturated carbocycles. The van der Waals surface area contributed by atoms with E-state index in [1.807, 2.05) is 24.4 Å². The molecule has 0 aromatic carbocycles. The number of aromatic amines is 1. The van der Waals surface area contributed by atoms with Gasteiger partial charge in [0.1, 0.15) is 11.9 Å². The van der Waals surface area contributed by atoms with E-state index in [1.165, 1.54) is 0 Å². The van der Waals surface area contributed by atoms with Crippen LogP contribution in [0.2, 0.25) is 0 Å². The van der Waals surface area contributed by atoms with Gasteiger partial charge in [0.05, 0.1) is 22.6 Å². The van der Waals surface area contributed by atoms with Crippen molar-refractivity contribution in [2.45, 2.75) is 38.2 Å². The van der Waals surface area contributed by atoms with Crippen molar-refractivity contribution >= 4 is 5.82 Å². The van der Waals surface area contributed by atoms with Crippen molar-refractivity contribution in [3.8, 4) is 17.5 Å². The molecule has 2 aromatic rings. The smallest absolute Gasteiger partial charge is 0.142 e. The van der Waals surface area contributed by atoms with E-state index in [4.69, 9.17) is 10.5 Å². The lowest BCUT2D eigenvalue weighted by molar-refractivity contribution is -0.0593. The zero-order valence-electron chi connectivity index (χ0n) is 12.9. The summed E-state index contributed by atoms with van der Waals surface area (Å²) in [5.41, 5.74) is 9.02. The molecule has 0 radical (unpaired) electrons. The Hall–Kier alpha value is -2.32. The number of aromatic nitrogens is 2. The molecule has 1 fully saturated rings. The van der Waals surface area contributed by atoms with Gasteiger partial charge >= 0.3 is 0 Å². The van der Waals surface area contributed by atoms with Crippen LogP contribution in [0.5, 0.6) is 0 Å². The molecule has 22 heavy (non-hydrogen) atoms. The van der Waals surface area contributed by atoms with E-state index in [1.54, 1.807) is 0 Å². The summed E-state index contributed by atoms with van der Waals surface area (Å²) in [5, 5.41) is 9.47. The maximum absolute atomic E-state index is 9.47. The fraction of sp³-hybridized carbons (Fsp3) is 0.412. The molecular weight excluding hydrogens is 276 g/mol. The summed E-state index contributed by atoms with van der Waals surface area (Å²) < 4.78 is 5.79. The molecule has 5 nitrogen and oxygen atoms in total. The van der Waals surface area contributed by atoms with E-state index < -0.39 is 0 Å². The second-order valence-electron chi connectivity index (χ2n) is 6.35. The van der Waals surface area contributed by atoms with Gasteiger partial charge in [-0.2, -0.15) is 5.26 Å². The average molecular weight is 296 g/mol. The highest BCUT2D eigenvalue weighted by Gasteiger charge is 2.31. The number of nitrogens with zero attached hydrogens (tertiary/aromatic N) is 2. The van der Waals surface area contributed by atoms with Crippen LogP contribution >= 0.6 is 0 Å². The molecule has 5 heteroatoms. The number of nitrogens with two attached hydrogens (primary N) is 1. The van der Waals surface area contributed by atoms with Crippen molar-refractivity contribution < 1.29 is 4.74 Å². The number of nitrogen functional groups attached to an aromatic ring is 1. The number of nitriles is 1. The second kappa shape index (κ2) is 5.47. The van der Waals surface area contributed by atoms with Crippen LogP contribution < -0.4 is 5.73 Å². The highest BCUT2D eigenvalue weighted by atomic mass is 16.5. The second-order valence-corrected chi connectivity index (χ2v) is 6.35. The van der Waals surface area contributed by atoms with Crippen molar-refractivity contribution in [2.24, 2.45) is 0 Å². The first kappa shape index (κ1) is 14.6. The van der Waals surface area contributed by atoms with Gasteiger partial charge in [-0.25, -0.2) is 4.98 Å². The quantitative estimate of drug-likeness (QED) is 0.890. The van der Waals surface area contributed by atoms with E-state index >= 15 is 0 Å². The monoisotopic (exact) mass is 296 g/mol. The van der Waals surface area contributed by atoms with Gasteiger partial charge in [-0.3, -0.25) is 0 Å². The molecule has 114 valence electrons. The van der Waals surface area contributed by atoms with E-state index in [-0.39, 0.29) is 11.5 Å². The van der Waals surface area contributed by atoms with Crippen molar-refractivity contribution in [1.29, 1.82) is 5.26 Å². The maximum Gasteiger partial charge on any atom is 0.142 e. The zero-order chi connectivity index (χ0) is 15.7. The molecular formula is C17H20N4O. The van der Waals surface area contributed by atoms with Crippen LogP contribution in [0.4, 0.5) is 5.82 Å². The molecule has 3 heterocycles. The molecule has 3 N–H and O–H groups in total. The Morgan fingerprint density at radius 1 is 1.50 bits per heavy atom. The summed E-state index contributed by atoms with van der Waals surface area (Å²) in [5.74, 6) is 0.561. The summed E-state index contributed by atoms with van der Waals surface area (Å²) in [6.45, 7) is 4.87. The van der Waals surface area contributed by atoms with E-state index in [9.17, 15) is 5.26 Å². The van der Waals surface area contributed by atoms with E-state index in [0.717, 1.165) is 29.8 Å². The maximum atomic E-state index is 9.47. The third-order valence-electron chi connectivity index (χ3n) is 4.20. The Balaban J connectivity index is 2.07. The minimum absolute atomic E-state index is 0.180. The first-order valence-electron chi connectivity index (χ1n) is 7.48. The average Bonchev–Trinajstić information content (AvgIpc) is 2.99. The molecule has 1 aliphatic heterocycles. The minimum Gasteiger partial charge on any atom is -0.383 e. The Morgan fingerprint density at radius 3 is 2.95 bits per heavy atom. The molecule has 0 amide bonds. The van der Waals surface area contributed by atoms with Crippen LogP contribution in [0.25, 0.3) is 11.4 Å². The lowest BCUT2D eigenvalue weighted by Crippen LogP contribution is -2.33. The Kier molecular flexibility index (Phi) is 3.63. The highest BCUT2D eigenvalue weighted by Crippen LogP contribution is 2.39. The summed E-state index contributed by atoms with van der Waals surface area (Å²) in [4.78, 5) is 7.51. The predicted molar refractivity (Wildman–Crippen MR) is 85.2 cm³/mol. The van der Waals surface area contributed by atoms with Crippen LogP contribution in [0.1, 0.15) is 43.7 Å². The molecule has 1 saturated heterocycles. The third kappa shape index (κ3) is 2.70. The summed E-state index contributed by atoms with van der Waals surface area (Å²) in [6.07, 6.45) is 3.61. The number of hydrogen-bond donors (Lipinski definition) is 2. The lowest BCUT2D eigenvalue weighted by Gasteiger charge is -2.36. The number of rotatable bonds is 2. The number of hydrogen-bond acceptors (Lipinski definition) is 4. The molecule has 0 aliphatic carbocycles. The standard InChI is InChI=1S/C17H20N4O/c1-17(2)9-11(5-7-22-17)12-8-15(14-4-3-6-20-14)21-16(19)13(12)10-18/h3-4,6,8,11,20H,5,7,9H2,1-2H3,(H2,19,21). The Labute approximate surface area is 130 Å². The molecule has 3 rings (SSSR count). The third-order valence-corrected chi connectivity index (χ3v) is 4.20. The first-order valence-corrected chi connectivity index (χ1v) is 7.48. The number of anilines is 1. The fourth-order valence-corrected chi connectivity index (χ4v) is 3.15. The van der Waals surface area contributed by atoms with Gasteiger partial charge < -0.3 is 15.5 Å². The summed E-state index contributed by atoms with van der Waals surface area (Å²) >= 11 is 0. The molecule has 1 unspecified atom stereocenters. The number of H-pyrrole nitrogens is 1. The van der Waals surface area contributed by atoms with Crippen molar-refractivity contribution in [3.63, 3.8) is 0 Å². The Bertz CT molecular complexity index is 713. The predicted octanol–water partition coefficient (Wildman–Crippen LogP) is 3.20. The van der Waals surface area contributed by atoms with Gasteiger partial charge in [0.25, 0.3) is 0 Å². The topological polar surface area (TPSA) is 87.7 Å². The fourth-order valence-electron chi connectivity index (χ4n) is 3.15. The van der Waals surface area contributed by atoms with Gasteiger partial charge in [-0.05, 0) is 56.4 Å². The molecule has 0 bridgehead atoms. The normalized spacial score (nSPS) is 20.5. The van der Waals surface area contributed by atoms with Crippen LogP contribution in [0.15, 0.2) is 24.4 Å². The first-order chi connectivity index (χ1) is 10.5. The van der Waals surface area contributed by atoms with Gasteiger partial charge in [-0.15, -0.1) is 0 Å².